The molecule has 5 nitrogen and oxygen atoms in total. The number of rotatable bonds is 7. The molecule has 0 radical (unpaired) electrons. The van der Waals surface area contributed by atoms with E-state index >= 15 is 0 Å². The minimum Gasteiger partial charge on any atom is -0.463 e. The summed E-state index contributed by atoms with van der Waals surface area (Å²) >= 11 is 0. The van der Waals surface area contributed by atoms with Gasteiger partial charge in [-0.2, -0.15) is 0 Å². The number of esters is 1. The van der Waals surface area contributed by atoms with E-state index < -0.39 is 25.7 Å². The van der Waals surface area contributed by atoms with Crippen molar-refractivity contribution in [3.8, 4) is 0 Å². The predicted octanol–water partition coefficient (Wildman–Crippen LogP) is 3.42. The zero-order valence-corrected chi connectivity index (χ0v) is 16.9. The van der Waals surface area contributed by atoms with Gasteiger partial charge in [0.2, 0.25) is 0 Å². The van der Waals surface area contributed by atoms with E-state index in [1.807, 2.05) is 0 Å². The molecule has 0 bridgehead atoms. The Bertz CT molecular complexity index is 374. The molecule has 1 saturated heterocycles. The number of carbonyl (C=O) groups excluding carboxylic acids is 1. The van der Waals surface area contributed by atoms with Crippen molar-refractivity contribution >= 4 is 31.7 Å². The molecule has 1 aliphatic rings. The average Bonchev–Trinajstić information content (AvgIpc) is 2.42. The minimum atomic E-state index is -2.25. The lowest BCUT2D eigenvalue weighted by Crippen LogP contribution is -2.67. The lowest BCUT2D eigenvalue weighted by atomic mass is 10.5. The highest BCUT2D eigenvalue weighted by Gasteiger charge is 2.54. The predicted molar refractivity (Wildman–Crippen MR) is 89.7 cm³/mol. The van der Waals surface area contributed by atoms with Gasteiger partial charge in [-0.05, 0) is 44.2 Å². The second-order valence-corrected chi connectivity index (χ2v) is 17.1. The van der Waals surface area contributed by atoms with E-state index in [1.165, 1.54) is 6.08 Å². The molecule has 0 aromatic carbocycles. The fourth-order valence-electron chi connectivity index (χ4n) is 2.45. The van der Waals surface area contributed by atoms with Crippen LogP contribution in [-0.2, 0) is 21.9 Å². The van der Waals surface area contributed by atoms with Crippen LogP contribution in [0.4, 0.5) is 0 Å². The van der Waals surface area contributed by atoms with Crippen LogP contribution in [0.25, 0.3) is 0 Å². The van der Waals surface area contributed by atoms with E-state index in [1.54, 1.807) is 0 Å². The summed E-state index contributed by atoms with van der Waals surface area (Å²) in [6, 6.07) is 2.70. The maximum atomic E-state index is 11.0. The van der Waals surface area contributed by atoms with Crippen LogP contribution in [-0.4, -0.2) is 38.3 Å². The highest BCUT2D eigenvalue weighted by Crippen LogP contribution is 2.36. The molecule has 0 N–H and O–H groups in total. The summed E-state index contributed by atoms with van der Waals surface area (Å²) < 4.78 is 24.0. The van der Waals surface area contributed by atoms with E-state index in [0.29, 0.717) is 6.61 Å². The summed E-state index contributed by atoms with van der Waals surface area (Å²) in [7, 11) is -6.48. The van der Waals surface area contributed by atoms with Crippen molar-refractivity contribution in [3.63, 3.8) is 0 Å². The van der Waals surface area contributed by atoms with Gasteiger partial charge in [-0.25, -0.2) is 4.79 Å². The minimum absolute atomic E-state index is 0.379. The lowest BCUT2D eigenvalue weighted by molar-refractivity contribution is -0.137. The van der Waals surface area contributed by atoms with Crippen molar-refractivity contribution in [1.82, 2.24) is 0 Å². The Kier molecular flexibility index (Phi) is 6.56. The Hall–Kier alpha value is -0.259. The summed E-state index contributed by atoms with van der Waals surface area (Å²) in [5, 5.41) is 0. The van der Waals surface area contributed by atoms with Gasteiger partial charge >= 0.3 is 31.7 Å². The van der Waals surface area contributed by atoms with Crippen LogP contribution in [0.2, 0.25) is 37.8 Å². The Labute approximate surface area is 131 Å². The second kappa shape index (κ2) is 7.34. The zero-order valence-electron chi connectivity index (χ0n) is 13.9. The molecule has 2 atom stereocenters. The highest BCUT2D eigenvalue weighted by atomic mass is 28.5. The quantitative estimate of drug-likeness (QED) is 0.305. The van der Waals surface area contributed by atoms with Crippen molar-refractivity contribution in [3.05, 3.63) is 12.7 Å². The number of hydrogen-bond acceptors (Lipinski definition) is 5. The molecule has 122 valence electrons. The molecule has 1 aliphatic heterocycles. The van der Waals surface area contributed by atoms with Crippen molar-refractivity contribution in [2.45, 2.75) is 58.0 Å². The molecule has 21 heavy (non-hydrogen) atoms. The van der Waals surface area contributed by atoms with Gasteiger partial charge in [0.05, 0.1) is 6.61 Å². The molecule has 0 amide bonds. The summed E-state index contributed by atoms with van der Waals surface area (Å²) in [5.41, 5.74) is 0. The molecule has 0 aliphatic carbocycles. The molecule has 1 heterocycles. The van der Waals surface area contributed by atoms with Crippen LogP contribution in [0.5, 0.6) is 0 Å². The van der Waals surface area contributed by atoms with Crippen LogP contribution in [0.3, 0.4) is 0 Å². The lowest BCUT2D eigenvalue weighted by Gasteiger charge is -2.50. The molecule has 8 heteroatoms. The first-order valence-electron chi connectivity index (χ1n) is 7.59. The summed E-state index contributed by atoms with van der Waals surface area (Å²) in [6.07, 6.45) is 1.94. The third-order valence-corrected chi connectivity index (χ3v) is 18.0. The summed E-state index contributed by atoms with van der Waals surface area (Å²) in [4.78, 5) is 11.0. The third kappa shape index (κ3) is 5.46. The summed E-state index contributed by atoms with van der Waals surface area (Å²) in [5.74, 6) is -0.379. The van der Waals surface area contributed by atoms with E-state index in [-0.39, 0.29) is 5.97 Å². The van der Waals surface area contributed by atoms with Crippen LogP contribution in [0.1, 0.15) is 20.3 Å². The van der Waals surface area contributed by atoms with Crippen molar-refractivity contribution in [2.75, 3.05) is 6.61 Å². The van der Waals surface area contributed by atoms with Gasteiger partial charge in [0.25, 0.3) is 0 Å². The van der Waals surface area contributed by atoms with Gasteiger partial charge in [-0.1, -0.05) is 20.4 Å². The SMILES string of the molecule is C=CC(=O)OCCC[Si]1(C)O[Si](C)(CC)O[Si](C)(CC)O1. The largest absolute Gasteiger partial charge is 0.463 e. The van der Waals surface area contributed by atoms with Gasteiger partial charge < -0.3 is 17.1 Å². The highest BCUT2D eigenvalue weighted by molar-refractivity contribution is 6.93. The normalized spacial score (nSPS) is 36.2. The number of ether oxygens (including phenoxy) is 1. The Morgan fingerprint density at radius 2 is 1.52 bits per heavy atom. The Balaban J connectivity index is 2.64. The topological polar surface area (TPSA) is 54.0 Å². The maximum Gasteiger partial charge on any atom is 0.330 e. The van der Waals surface area contributed by atoms with Gasteiger partial charge in [-0.15, -0.1) is 0 Å². The molecule has 0 aromatic rings. The van der Waals surface area contributed by atoms with Crippen molar-refractivity contribution < 1.29 is 21.9 Å². The van der Waals surface area contributed by atoms with Crippen molar-refractivity contribution in [1.29, 1.82) is 0 Å². The summed E-state index contributed by atoms with van der Waals surface area (Å²) in [6.45, 7) is 14.4. The van der Waals surface area contributed by atoms with E-state index in [4.69, 9.17) is 17.1 Å². The molecule has 1 fully saturated rings. The van der Waals surface area contributed by atoms with Crippen molar-refractivity contribution in [2.24, 2.45) is 0 Å². The second-order valence-electron chi connectivity index (χ2n) is 5.89. The van der Waals surface area contributed by atoms with Gasteiger partial charge in [-0.3, -0.25) is 0 Å². The monoisotopic (exact) mass is 348 g/mol. The van der Waals surface area contributed by atoms with Crippen LogP contribution >= 0.6 is 0 Å². The van der Waals surface area contributed by atoms with Crippen LogP contribution < -0.4 is 0 Å². The first kappa shape index (κ1) is 18.8. The van der Waals surface area contributed by atoms with E-state index in [2.05, 4.69) is 40.1 Å². The van der Waals surface area contributed by atoms with E-state index in [9.17, 15) is 4.79 Å². The van der Waals surface area contributed by atoms with Gasteiger partial charge in [0, 0.05) is 6.08 Å². The number of hydrogen-bond donors (Lipinski definition) is 0. The molecule has 1 rings (SSSR count). The molecule has 0 aromatic heterocycles. The standard InChI is InChI=1S/C13H28O5Si3/c1-7-13(14)15-11-10-12-21(6)17-19(4,8-2)16-20(5,9-3)18-21/h7H,1,8-12H2,2-6H3. The Morgan fingerprint density at radius 3 is 1.95 bits per heavy atom. The van der Waals surface area contributed by atoms with Gasteiger partial charge in [0.15, 0.2) is 0 Å². The average molecular weight is 349 g/mol. The molecule has 0 spiro atoms. The van der Waals surface area contributed by atoms with Crippen LogP contribution in [0.15, 0.2) is 12.7 Å². The molecular formula is C13H28O5Si3. The molecule has 2 unspecified atom stereocenters. The molecular weight excluding hydrogens is 320 g/mol. The molecule has 0 saturated carbocycles. The Morgan fingerprint density at radius 1 is 1.05 bits per heavy atom. The number of carbonyl (C=O) groups is 1. The zero-order chi connectivity index (χ0) is 16.1. The third-order valence-electron chi connectivity index (χ3n) is 3.77. The fourth-order valence-corrected chi connectivity index (χ4v) is 18.9. The smallest absolute Gasteiger partial charge is 0.330 e. The van der Waals surface area contributed by atoms with Crippen LogP contribution in [0, 0.1) is 0 Å². The maximum absolute atomic E-state index is 11.0. The first-order chi connectivity index (χ1) is 9.70. The first-order valence-corrected chi connectivity index (χ1v) is 15.2. The van der Waals surface area contributed by atoms with Gasteiger partial charge in [0.1, 0.15) is 0 Å². The van der Waals surface area contributed by atoms with E-state index in [0.717, 1.165) is 24.6 Å². The fraction of sp³-hybridized carbons (Fsp3) is 0.769.